The SMILES string of the molecule is CCNC(=O)[C@H]1O[C@@H](n2cnc3c(N)nc(C)nc32)C2OC(C)(C)O[C@H]21. The van der Waals surface area contributed by atoms with Crippen molar-refractivity contribution in [3.05, 3.63) is 12.2 Å². The van der Waals surface area contributed by atoms with Gasteiger partial charge in [-0.3, -0.25) is 9.36 Å². The van der Waals surface area contributed by atoms with Gasteiger partial charge in [-0.2, -0.15) is 0 Å². The van der Waals surface area contributed by atoms with Gasteiger partial charge in [-0.1, -0.05) is 0 Å². The molecule has 0 saturated carbocycles. The van der Waals surface area contributed by atoms with Gasteiger partial charge in [0.2, 0.25) is 0 Å². The van der Waals surface area contributed by atoms with Crippen LogP contribution in [-0.2, 0) is 19.0 Å². The normalized spacial score (nSPS) is 29.8. The molecule has 2 aliphatic rings. The highest BCUT2D eigenvalue weighted by Crippen LogP contribution is 2.43. The Morgan fingerprint density at radius 3 is 2.81 bits per heavy atom. The zero-order valence-corrected chi connectivity index (χ0v) is 15.1. The predicted molar refractivity (Wildman–Crippen MR) is 90.9 cm³/mol. The van der Waals surface area contributed by atoms with Crippen molar-refractivity contribution in [1.82, 2.24) is 24.8 Å². The molecule has 0 aromatic carbocycles. The van der Waals surface area contributed by atoms with Crippen LogP contribution < -0.4 is 11.1 Å². The molecule has 10 heteroatoms. The average molecular weight is 362 g/mol. The zero-order valence-electron chi connectivity index (χ0n) is 15.1. The Morgan fingerprint density at radius 2 is 2.08 bits per heavy atom. The Labute approximate surface area is 150 Å². The highest BCUT2D eigenvalue weighted by atomic mass is 16.8. The summed E-state index contributed by atoms with van der Waals surface area (Å²) in [6, 6.07) is 0. The Hall–Kier alpha value is -2.30. The maximum absolute atomic E-state index is 12.4. The van der Waals surface area contributed by atoms with Gasteiger partial charge in [-0.05, 0) is 27.7 Å². The van der Waals surface area contributed by atoms with Gasteiger partial charge in [0, 0.05) is 6.54 Å². The molecule has 4 atom stereocenters. The van der Waals surface area contributed by atoms with Crippen molar-refractivity contribution >= 4 is 22.9 Å². The van der Waals surface area contributed by atoms with Crippen molar-refractivity contribution in [3.8, 4) is 0 Å². The third-order valence-electron chi connectivity index (χ3n) is 4.47. The summed E-state index contributed by atoms with van der Waals surface area (Å²) in [5, 5.41) is 2.78. The number of amides is 1. The average Bonchev–Trinajstić information content (AvgIpc) is 3.18. The molecular formula is C16H22N6O4. The number of hydrogen-bond donors (Lipinski definition) is 2. The first-order chi connectivity index (χ1) is 12.3. The lowest BCUT2D eigenvalue weighted by Crippen LogP contribution is -2.42. The van der Waals surface area contributed by atoms with Crippen LogP contribution in [0.25, 0.3) is 11.2 Å². The number of nitrogen functional groups attached to an aromatic ring is 1. The minimum atomic E-state index is -0.817. The summed E-state index contributed by atoms with van der Waals surface area (Å²) in [4.78, 5) is 25.3. The molecule has 10 nitrogen and oxygen atoms in total. The molecule has 2 aliphatic heterocycles. The summed E-state index contributed by atoms with van der Waals surface area (Å²) in [5.41, 5.74) is 6.96. The molecule has 1 amide bonds. The quantitative estimate of drug-likeness (QED) is 0.797. The summed E-state index contributed by atoms with van der Waals surface area (Å²) in [6.45, 7) is 7.73. The number of likely N-dealkylation sites (N-methyl/N-ethyl adjacent to an activating group) is 1. The molecule has 0 radical (unpaired) electrons. The van der Waals surface area contributed by atoms with E-state index >= 15 is 0 Å². The number of imidazole rings is 1. The van der Waals surface area contributed by atoms with E-state index in [4.69, 9.17) is 19.9 Å². The van der Waals surface area contributed by atoms with Crippen LogP contribution in [0.1, 0.15) is 32.8 Å². The van der Waals surface area contributed by atoms with E-state index in [1.165, 1.54) is 0 Å². The highest BCUT2D eigenvalue weighted by Gasteiger charge is 2.58. The van der Waals surface area contributed by atoms with E-state index in [2.05, 4.69) is 20.3 Å². The number of rotatable bonds is 3. The largest absolute Gasteiger partial charge is 0.382 e. The van der Waals surface area contributed by atoms with Gasteiger partial charge >= 0.3 is 0 Å². The van der Waals surface area contributed by atoms with Crippen LogP contribution in [-0.4, -0.2) is 56.1 Å². The molecule has 3 N–H and O–H groups in total. The van der Waals surface area contributed by atoms with Crippen molar-refractivity contribution in [3.63, 3.8) is 0 Å². The summed E-state index contributed by atoms with van der Waals surface area (Å²) in [5.74, 6) is -0.232. The number of hydrogen-bond acceptors (Lipinski definition) is 8. The van der Waals surface area contributed by atoms with Crippen LogP contribution in [0.5, 0.6) is 0 Å². The molecule has 2 fully saturated rings. The molecule has 1 unspecified atom stereocenters. The van der Waals surface area contributed by atoms with Crippen molar-refractivity contribution in [2.24, 2.45) is 0 Å². The third-order valence-corrected chi connectivity index (χ3v) is 4.47. The molecule has 2 aromatic heterocycles. The van der Waals surface area contributed by atoms with Gasteiger partial charge < -0.3 is 25.3 Å². The second kappa shape index (κ2) is 5.86. The highest BCUT2D eigenvalue weighted by molar-refractivity contribution is 5.83. The second-order valence-electron chi connectivity index (χ2n) is 6.89. The van der Waals surface area contributed by atoms with Crippen LogP contribution in [0.3, 0.4) is 0 Å². The first-order valence-corrected chi connectivity index (χ1v) is 8.56. The summed E-state index contributed by atoms with van der Waals surface area (Å²) < 4.78 is 19.7. The maximum atomic E-state index is 12.4. The third kappa shape index (κ3) is 2.61. The first-order valence-electron chi connectivity index (χ1n) is 8.56. The van der Waals surface area contributed by atoms with E-state index in [1.807, 2.05) is 20.8 Å². The van der Waals surface area contributed by atoms with Gasteiger partial charge in [-0.25, -0.2) is 15.0 Å². The van der Waals surface area contributed by atoms with E-state index in [-0.39, 0.29) is 5.91 Å². The molecule has 4 rings (SSSR count). The van der Waals surface area contributed by atoms with E-state index in [0.717, 1.165) is 0 Å². The first kappa shape index (κ1) is 17.1. The van der Waals surface area contributed by atoms with Crippen molar-refractivity contribution in [2.45, 2.75) is 58.0 Å². The lowest BCUT2D eigenvalue weighted by atomic mass is 10.1. The van der Waals surface area contributed by atoms with Gasteiger partial charge in [0.05, 0.1) is 6.33 Å². The molecule has 0 spiro atoms. The monoisotopic (exact) mass is 362 g/mol. The van der Waals surface area contributed by atoms with Crippen LogP contribution in [0.15, 0.2) is 6.33 Å². The molecule has 2 saturated heterocycles. The number of aromatic nitrogens is 4. The number of carbonyl (C=O) groups excluding carboxylic acids is 1. The minimum absolute atomic E-state index is 0.235. The summed E-state index contributed by atoms with van der Waals surface area (Å²) in [6.07, 6.45) is -0.839. The summed E-state index contributed by atoms with van der Waals surface area (Å²) >= 11 is 0. The Kier molecular flexibility index (Phi) is 3.86. The molecule has 140 valence electrons. The Balaban J connectivity index is 1.76. The number of aryl methyl sites for hydroxylation is 1. The lowest BCUT2D eigenvalue weighted by Gasteiger charge is -2.24. The molecule has 4 heterocycles. The van der Waals surface area contributed by atoms with E-state index in [1.54, 1.807) is 17.8 Å². The topological polar surface area (TPSA) is 126 Å². The molecular weight excluding hydrogens is 340 g/mol. The lowest BCUT2D eigenvalue weighted by molar-refractivity contribution is -0.197. The van der Waals surface area contributed by atoms with Crippen LogP contribution in [0.2, 0.25) is 0 Å². The Bertz CT molecular complexity index is 866. The number of carbonyl (C=O) groups is 1. The number of nitrogens with one attached hydrogen (secondary N) is 1. The molecule has 0 aliphatic carbocycles. The number of anilines is 1. The number of ether oxygens (including phenoxy) is 3. The fraction of sp³-hybridized carbons (Fsp3) is 0.625. The van der Waals surface area contributed by atoms with Gasteiger partial charge in [0.1, 0.15) is 23.5 Å². The number of nitrogens with zero attached hydrogens (tertiary/aromatic N) is 4. The molecule has 0 bridgehead atoms. The molecule has 2 aromatic rings. The molecule has 26 heavy (non-hydrogen) atoms. The maximum Gasteiger partial charge on any atom is 0.252 e. The predicted octanol–water partition coefficient (Wildman–Crippen LogP) is 0.271. The van der Waals surface area contributed by atoms with E-state index < -0.39 is 30.3 Å². The van der Waals surface area contributed by atoms with Crippen molar-refractivity contribution in [2.75, 3.05) is 12.3 Å². The summed E-state index contributed by atoms with van der Waals surface area (Å²) in [7, 11) is 0. The number of fused-ring (bicyclic) bond motifs is 2. The zero-order chi connectivity index (χ0) is 18.6. The standard InChI is InChI=1S/C16H22N6O4/c1-5-18-14(23)10-9-11(26-16(3,4)25-9)15(24-10)22-6-19-8-12(17)20-7(2)21-13(8)22/h6,9-11,15H,5H2,1-4H3,(H,18,23)(H2,17,20,21)/t9-,10-,11?,15+/m0/s1. The van der Waals surface area contributed by atoms with E-state index in [9.17, 15) is 4.79 Å². The second-order valence-corrected chi connectivity index (χ2v) is 6.89. The van der Waals surface area contributed by atoms with Crippen LogP contribution >= 0.6 is 0 Å². The smallest absolute Gasteiger partial charge is 0.252 e. The number of nitrogens with two attached hydrogens (primary N) is 1. The fourth-order valence-electron chi connectivity index (χ4n) is 3.52. The fourth-order valence-corrected chi connectivity index (χ4v) is 3.52. The Morgan fingerprint density at radius 1 is 1.35 bits per heavy atom. The van der Waals surface area contributed by atoms with Gasteiger partial charge in [0.15, 0.2) is 29.6 Å². The van der Waals surface area contributed by atoms with Crippen molar-refractivity contribution in [1.29, 1.82) is 0 Å². The van der Waals surface area contributed by atoms with Crippen LogP contribution in [0.4, 0.5) is 5.82 Å². The van der Waals surface area contributed by atoms with Crippen LogP contribution in [0, 0.1) is 6.92 Å². The van der Waals surface area contributed by atoms with Gasteiger partial charge in [0.25, 0.3) is 5.91 Å². The van der Waals surface area contributed by atoms with E-state index in [0.29, 0.717) is 29.4 Å². The van der Waals surface area contributed by atoms with Crippen molar-refractivity contribution < 1.29 is 19.0 Å². The van der Waals surface area contributed by atoms with Gasteiger partial charge in [-0.15, -0.1) is 0 Å². The minimum Gasteiger partial charge on any atom is -0.382 e.